The first-order valence-electron chi connectivity index (χ1n) is 8.26. The molecular formula is C18H21N5O2. The van der Waals surface area contributed by atoms with Crippen LogP contribution < -0.4 is 5.32 Å². The van der Waals surface area contributed by atoms with Crippen LogP contribution in [0.15, 0.2) is 36.5 Å². The minimum Gasteiger partial charge on any atom is -0.396 e. The average Bonchev–Trinajstić information content (AvgIpc) is 3.01. The standard InChI is InChI=1S/C18H21N5O2/c1-12(7-9-24)11-20-18(25)17-13(2)23(22-21-17)15-5-6-16-14(10-15)4-3-8-19-16/h3-6,8,10,12,24H,7,9,11H2,1-2H3,(H,20,25). The molecular weight excluding hydrogens is 318 g/mol. The summed E-state index contributed by atoms with van der Waals surface area (Å²) in [6.07, 6.45) is 2.40. The Labute approximate surface area is 145 Å². The predicted molar refractivity (Wildman–Crippen MR) is 94.6 cm³/mol. The van der Waals surface area contributed by atoms with E-state index in [1.807, 2.05) is 44.2 Å². The average molecular weight is 339 g/mol. The van der Waals surface area contributed by atoms with Crippen LogP contribution in [0, 0.1) is 12.8 Å². The lowest BCUT2D eigenvalue weighted by atomic mass is 10.1. The molecule has 1 aromatic carbocycles. The van der Waals surface area contributed by atoms with Crippen molar-refractivity contribution in [2.45, 2.75) is 20.3 Å². The number of amides is 1. The van der Waals surface area contributed by atoms with Crippen molar-refractivity contribution in [3.05, 3.63) is 47.9 Å². The van der Waals surface area contributed by atoms with Gasteiger partial charge in [-0.25, -0.2) is 4.68 Å². The molecule has 130 valence electrons. The molecule has 3 rings (SSSR count). The number of hydrogen-bond acceptors (Lipinski definition) is 5. The monoisotopic (exact) mass is 339 g/mol. The van der Waals surface area contributed by atoms with Gasteiger partial charge in [0.05, 0.1) is 16.9 Å². The van der Waals surface area contributed by atoms with Gasteiger partial charge in [-0.1, -0.05) is 18.2 Å². The van der Waals surface area contributed by atoms with Crippen LogP contribution in [0.2, 0.25) is 0 Å². The smallest absolute Gasteiger partial charge is 0.273 e. The van der Waals surface area contributed by atoms with Crippen molar-refractivity contribution >= 4 is 16.8 Å². The molecule has 0 spiro atoms. The van der Waals surface area contributed by atoms with Gasteiger partial charge in [-0.3, -0.25) is 9.78 Å². The van der Waals surface area contributed by atoms with Crippen molar-refractivity contribution in [1.29, 1.82) is 0 Å². The van der Waals surface area contributed by atoms with Crippen molar-refractivity contribution in [3.8, 4) is 5.69 Å². The topological polar surface area (TPSA) is 92.9 Å². The van der Waals surface area contributed by atoms with Crippen molar-refractivity contribution < 1.29 is 9.90 Å². The molecule has 3 aromatic rings. The summed E-state index contributed by atoms with van der Waals surface area (Å²) in [6.45, 7) is 4.40. The zero-order valence-corrected chi connectivity index (χ0v) is 14.3. The van der Waals surface area contributed by atoms with E-state index < -0.39 is 0 Å². The maximum absolute atomic E-state index is 12.3. The van der Waals surface area contributed by atoms with Gasteiger partial charge in [0.15, 0.2) is 5.69 Å². The van der Waals surface area contributed by atoms with E-state index in [-0.39, 0.29) is 18.4 Å². The van der Waals surface area contributed by atoms with Crippen LogP contribution in [0.25, 0.3) is 16.6 Å². The zero-order valence-electron chi connectivity index (χ0n) is 14.3. The highest BCUT2D eigenvalue weighted by Gasteiger charge is 2.18. The molecule has 0 bridgehead atoms. The van der Waals surface area contributed by atoms with Crippen LogP contribution in [0.4, 0.5) is 0 Å². The van der Waals surface area contributed by atoms with Gasteiger partial charge in [0.2, 0.25) is 0 Å². The molecule has 1 atom stereocenters. The van der Waals surface area contributed by atoms with Gasteiger partial charge < -0.3 is 10.4 Å². The molecule has 0 fully saturated rings. The Balaban J connectivity index is 1.81. The van der Waals surface area contributed by atoms with E-state index in [2.05, 4.69) is 20.6 Å². The number of carbonyl (C=O) groups is 1. The first-order chi connectivity index (χ1) is 12.1. The molecule has 0 saturated carbocycles. The van der Waals surface area contributed by atoms with Gasteiger partial charge in [-0.15, -0.1) is 5.10 Å². The largest absolute Gasteiger partial charge is 0.396 e. The Morgan fingerprint density at radius 3 is 3.00 bits per heavy atom. The highest BCUT2D eigenvalue weighted by molar-refractivity contribution is 5.93. The summed E-state index contributed by atoms with van der Waals surface area (Å²) in [5.74, 6) is -0.0479. The lowest BCUT2D eigenvalue weighted by molar-refractivity contribution is 0.0939. The van der Waals surface area contributed by atoms with Gasteiger partial charge in [0.25, 0.3) is 5.91 Å². The van der Waals surface area contributed by atoms with Crippen molar-refractivity contribution in [3.63, 3.8) is 0 Å². The molecule has 0 aliphatic rings. The van der Waals surface area contributed by atoms with Crippen LogP contribution >= 0.6 is 0 Å². The van der Waals surface area contributed by atoms with Gasteiger partial charge in [0.1, 0.15) is 0 Å². The van der Waals surface area contributed by atoms with Crippen molar-refractivity contribution in [1.82, 2.24) is 25.3 Å². The third-order valence-corrected chi connectivity index (χ3v) is 4.17. The van der Waals surface area contributed by atoms with Crippen LogP contribution in [0.5, 0.6) is 0 Å². The number of aliphatic hydroxyl groups excluding tert-OH is 1. The Morgan fingerprint density at radius 2 is 2.20 bits per heavy atom. The molecule has 0 saturated heterocycles. The number of benzene rings is 1. The van der Waals surface area contributed by atoms with E-state index >= 15 is 0 Å². The molecule has 2 N–H and O–H groups in total. The summed E-state index contributed by atoms with van der Waals surface area (Å²) in [5, 5.41) is 20.9. The molecule has 0 aliphatic carbocycles. The molecule has 1 amide bonds. The molecule has 7 nitrogen and oxygen atoms in total. The molecule has 1 unspecified atom stereocenters. The summed E-state index contributed by atoms with van der Waals surface area (Å²) in [4.78, 5) is 16.6. The van der Waals surface area contributed by atoms with E-state index in [4.69, 9.17) is 5.11 Å². The lowest BCUT2D eigenvalue weighted by Crippen LogP contribution is -2.29. The minimum absolute atomic E-state index is 0.114. The second kappa shape index (κ2) is 7.40. The Bertz CT molecular complexity index is 890. The second-order valence-electron chi connectivity index (χ2n) is 6.14. The number of hydrogen-bond donors (Lipinski definition) is 2. The molecule has 0 radical (unpaired) electrons. The molecule has 2 heterocycles. The number of nitrogens with one attached hydrogen (secondary N) is 1. The highest BCUT2D eigenvalue weighted by atomic mass is 16.3. The Morgan fingerprint density at radius 1 is 1.36 bits per heavy atom. The van der Waals surface area contributed by atoms with Gasteiger partial charge in [-0.05, 0) is 43.5 Å². The molecule has 0 aliphatic heterocycles. The van der Waals surface area contributed by atoms with E-state index in [1.165, 1.54) is 0 Å². The number of aliphatic hydroxyl groups is 1. The predicted octanol–water partition coefficient (Wildman–Crippen LogP) is 1.87. The van der Waals surface area contributed by atoms with Gasteiger partial charge in [0, 0.05) is 24.7 Å². The van der Waals surface area contributed by atoms with Crippen LogP contribution in [0.1, 0.15) is 29.5 Å². The number of fused-ring (bicyclic) bond motifs is 1. The molecule has 7 heteroatoms. The fourth-order valence-corrected chi connectivity index (χ4v) is 2.65. The number of nitrogens with zero attached hydrogens (tertiary/aromatic N) is 4. The lowest BCUT2D eigenvalue weighted by Gasteiger charge is -2.10. The quantitative estimate of drug-likeness (QED) is 0.715. The van der Waals surface area contributed by atoms with Crippen LogP contribution in [-0.4, -0.2) is 44.1 Å². The Kier molecular flexibility index (Phi) is 5.04. The first kappa shape index (κ1) is 17.0. The summed E-state index contributed by atoms with van der Waals surface area (Å²) in [6, 6.07) is 9.65. The third kappa shape index (κ3) is 3.66. The summed E-state index contributed by atoms with van der Waals surface area (Å²) in [5.41, 5.74) is 2.72. The van der Waals surface area contributed by atoms with Crippen molar-refractivity contribution in [2.24, 2.45) is 5.92 Å². The van der Waals surface area contributed by atoms with E-state index in [0.29, 0.717) is 24.4 Å². The SMILES string of the molecule is Cc1c(C(=O)NCC(C)CCO)nnn1-c1ccc2ncccc2c1. The van der Waals surface area contributed by atoms with Crippen LogP contribution in [-0.2, 0) is 0 Å². The molecule has 2 aromatic heterocycles. The second-order valence-corrected chi connectivity index (χ2v) is 6.14. The summed E-state index contributed by atoms with van der Waals surface area (Å²) in [7, 11) is 0. The number of pyridine rings is 1. The van der Waals surface area contributed by atoms with E-state index in [1.54, 1.807) is 10.9 Å². The maximum atomic E-state index is 12.3. The number of aromatic nitrogens is 4. The third-order valence-electron chi connectivity index (χ3n) is 4.17. The van der Waals surface area contributed by atoms with Gasteiger partial charge in [-0.2, -0.15) is 0 Å². The first-order valence-corrected chi connectivity index (χ1v) is 8.26. The fourth-order valence-electron chi connectivity index (χ4n) is 2.65. The maximum Gasteiger partial charge on any atom is 0.273 e. The van der Waals surface area contributed by atoms with Gasteiger partial charge >= 0.3 is 0 Å². The summed E-state index contributed by atoms with van der Waals surface area (Å²) >= 11 is 0. The van der Waals surface area contributed by atoms with E-state index in [9.17, 15) is 4.79 Å². The normalized spacial score (nSPS) is 12.3. The zero-order chi connectivity index (χ0) is 17.8. The molecule has 25 heavy (non-hydrogen) atoms. The highest BCUT2D eigenvalue weighted by Crippen LogP contribution is 2.18. The van der Waals surface area contributed by atoms with Crippen molar-refractivity contribution in [2.75, 3.05) is 13.2 Å². The minimum atomic E-state index is -0.254. The summed E-state index contributed by atoms with van der Waals surface area (Å²) < 4.78 is 1.65. The van der Waals surface area contributed by atoms with Crippen LogP contribution in [0.3, 0.4) is 0 Å². The number of carbonyl (C=O) groups excluding carboxylic acids is 1. The fraction of sp³-hybridized carbons (Fsp3) is 0.333. The van der Waals surface area contributed by atoms with E-state index in [0.717, 1.165) is 16.6 Å². The number of rotatable bonds is 6. The Hall–Kier alpha value is -2.80.